The normalized spacial score (nSPS) is 10.8. The van der Waals surface area contributed by atoms with Gasteiger partial charge in [-0.3, -0.25) is 9.59 Å². The Balaban J connectivity index is 2.19. The van der Waals surface area contributed by atoms with Gasteiger partial charge in [-0.1, -0.05) is 28.1 Å². The van der Waals surface area contributed by atoms with E-state index in [4.69, 9.17) is 9.47 Å². The molecule has 0 aliphatic carbocycles. The smallest absolute Gasteiger partial charge is 0.407 e. The molecule has 0 saturated carbocycles. The number of ether oxygens (including phenoxy) is 2. The van der Waals surface area contributed by atoms with Gasteiger partial charge < -0.3 is 14.8 Å². The Bertz CT molecular complexity index is 578. The highest BCUT2D eigenvalue weighted by Gasteiger charge is 2.15. The number of carbonyl (C=O) groups is 3. The minimum Gasteiger partial charge on any atom is -0.457 e. The number of Topliss-reactive ketones (excluding diaryl/α,β-unsaturated/α-hetero) is 1. The Morgan fingerprint density at radius 1 is 1.12 bits per heavy atom. The number of nitrogens with one attached hydrogen (secondary N) is 1. The second-order valence-electron chi connectivity index (χ2n) is 6.12. The summed E-state index contributed by atoms with van der Waals surface area (Å²) in [6, 6.07) is 6.81. The van der Waals surface area contributed by atoms with Crippen LogP contribution in [-0.2, 0) is 14.3 Å². The van der Waals surface area contributed by atoms with E-state index in [-0.39, 0.29) is 18.8 Å². The van der Waals surface area contributed by atoms with Gasteiger partial charge in [0.25, 0.3) is 0 Å². The van der Waals surface area contributed by atoms with E-state index >= 15 is 0 Å². The van der Waals surface area contributed by atoms with E-state index in [1.54, 1.807) is 45.0 Å². The number of alkyl carbamates (subject to hydrolysis) is 1. The largest absolute Gasteiger partial charge is 0.457 e. The third-order valence-electron chi connectivity index (χ3n) is 2.76. The number of ketones is 1. The van der Waals surface area contributed by atoms with Crippen LogP contribution in [0.3, 0.4) is 0 Å². The zero-order valence-corrected chi connectivity index (χ0v) is 15.6. The Hall–Kier alpha value is -1.89. The first-order valence-electron chi connectivity index (χ1n) is 7.58. The van der Waals surface area contributed by atoms with Crippen molar-refractivity contribution in [1.29, 1.82) is 0 Å². The summed E-state index contributed by atoms with van der Waals surface area (Å²) in [5.74, 6) is -0.741. The SMILES string of the molecule is CC(C)(C)OC(=O)NCCCC(=O)OCC(=O)c1ccc(Br)cc1. The van der Waals surface area contributed by atoms with Gasteiger partial charge in [0, 0.05) is 23.0 Å². The maximum absolute atomic E-state index is 11.8. The highest BCUT2D eigenvalue weighted by molar-refractivity contribution is 9.10. The lowest BCUT2D eigenvalue weighted by Gasteiger charge is -2.19. The van der Waals surface area contributed by atoms with Crippen LogP contribution in [0.25, 0.3) is 0 Å². The Morgan fingerprint density at radius 3 is 2.33 bits per heavy atom. The molecule has 1 N–H and O–H groups in total. The van der Waals surface area contributed by atoms with Gasteiger partial charge in [0.2, 0.25) is 0 Å². The molecule has 24 heavy (non-hydrogen) atoms. The van der Waals surface area contributed by atoms with Gasteiger partial charge in [-0.2, -0.15) is 0 Å². The lowest BCUT2D eigenvalue weighted by molar-refractivity contribution is -0.142. The number of halogens is 1. The molecule has 0 bridgehead atoms. The van der Waals surface area contributed by atoms with E-state index in [2.05, 4.69) is 21.2 Å². The monoisotopic (exact) mass is 399 g/mol. The molecule has 0 fully saturated rings. The van der Waals surface area contributed by atoms with Crippen LogP contribution >= 0.6 is 15.9 Å². The summed E-state index contributed by atoms with van der Waals surface area (Å²) in [5, 5.41) is 2.55. The fraction of sp³-hybridized carbons (Fsp3) is 0.471. The molecule has 0 atom stereocenters. The van der Waals surface area contributed by atoms with Crippen molar-refractivity contribution >= 4 is 33.8 Å². The second kappa shape index (κ2) is 9.42. The zero-order valence-electron chi connectivity index (χ0n) is 14.1. The lowest BCUT2D eigenvalue weighted by atomic mass is 10.1. The average Bonchev–Trinajstić information content (AvgIpc) is 2.48. The van der Waals surface area contributed by atoms with Crippen LogP contribution in [0.15, 0.2) is 28.7 Å². The molecule has 0 aliphatic rings. The Morgan fingerprint density at radius 2 is 1.75 bits per heavy atom. The fourth-order valence-electron chi connectivity index (χ4n) is 1.67. The molecule has 0 spiro atoms. The summed E-state index contributed by atoms with van der Waals surface area (Å²) in [5.41, 5.74) is -0.0752. The number of hydrogen-bond acceptors (Lipinski definition) is 5. The lowest BCUT2D eigenvalue weighted by Crippen LogP contribution is -2.33. The van der Waals surface area contributed by atoms with E-state index < -0.39 is 17.7 Å². The number of benzene rings is 1. The van der Waals surface area contributed by atoms with Gasteiger partial charge in [-0.25, -0.2) is 4.79 Å². The van der Waals surface area contributed by atoms with Gasteiger partial charge in [0.15, 0.2) is 12.4 Å². The molecule has 1 rings (SSSR count). The highest BCUT2D eigenvalue weighted by Crippen LogP contribution is 2.11. The van der Waals surface area contributed by atoms with Gasteiger partial charge >= 0.3 is 12.1 Å². The fourth-order valence-corrected chi connectivity index (χ4v) is 1.94. The number of carbonyl (C=O) groups excluding carboxylic acids is 3. The van der Waals surface area contributed by atoms with Crippen molar-refractivity contribution in [2.24, 2.45) is 0 Å². The molecule has 0 radical (unpaired) electrons. The van der Waals surface area contributed by atoms with Crippen molar-refractivity contribution < 1.29 is 23.9 Å². The van der Waals surface area contributed by atoms with Crippen LogP contribution < -0.4 is 5.32 Å². The molecule has 7 heteroatoms. The number of amides is 1. The maximum atomic E-state index is 11.8. The molecule has 0 saturated heterocycles. The summed E-state index contributed by atoms with van der Waals surface area (Å²) in [4.78, 5) is 34.8. The summed E-state index contributed by atoms with van der Waals surface area (Å²) in [7, 11) is 0. The molecule has 0 unspecified atom stereocenters. The highest BCUT2D eigenvalue weighted by atomic mass is 79.9. The Labute approximate surface area is 150 Å². The van der Waals surface area contributed by atoms with Crippen LogP contribution in [0.1, 0.15) is 44.0 Å². The Kier molecular flexibility index (Phi) is 7.91. The van der Waals surface area contributed by atoms with Gasteiger partial charge in [0.05, 0.1) is 0 Å². The third kappa shape index (κ3) is 8.67. The number of hydrogen-bond donors (Lipinski definition) is 1. The van der Waals surface area contributed by atoms with E-state index in [0.717, 1.165) is 4.47 Å². The number of esters is 1. The van der Waals surface area contributed by atoms with E-state index in [1.807, 2.05) is 0 Å². The van der Waals surface area contributed by atoms with E-state index in [9.17, 15) is 14.4 Å². The summed E-state index contributed by atoms with van der Waals surface area (Å²) >= 11 is 3.28. The van der Waals surface area contributed by atoms with Crippen molar-refractivity contribution in [1.82, 2.24) is 5.32 Å². The molecule has 6 nitrogen and oxygen atoms in total. The van der Waals surface area contributed by atoms with E-state index in [0.29, 0.717) is 18.5 Å². The van der Waals surface area contributed by atoms with Crippen molar-refractivity contribution in [3.8, 4) is 0 Å². The average molecular weight is 400 g/mol. The maximum Gasteiger partial charge on any atom is 0.407 e. The molecule has 1 aromatic rings. The molecular weight excluding hydrogens is 378 g/mol. The van der Waals surface area contributed by atoms with Crippen LogP contribution in [-0.4, -0.2) is 36.6 Å². The summed E-state index contributed by atoms with van der Waals surface area (Å²) in [6.07, 6.45) is -0.00480. The molecule has 0 heterocycles. The second-order valence-corrected chi connectivity index (χ2v) is 7.04. The summed E-state index contributed by atoms with van der Waals surface area (Å²) < 4.78 is 10.9. The molecule has 1 aromatic carbocycles. The minimum atomic E-state index is -0.559. The van der Waals surface area contributed by atoms with Crippen LogP contribution in [0, 0.1) is 0 Å². The quantitative estimate of drug-likeness (QED) is 0.431. The minimum absolute atomic E-state index is 0.114. The first-order valence-corrected chi connectivity index (χ1v) is 8.38. The predicted octanol–water partition coefficient (Wildman–Crippen LogP) is 3.48. The zero-order chi connectivity index (χ0) is 18.2. The topological polar surface area (TPSA) is 81.7 Å². The third-order valence-corrected chi connectivity index (χ3v) is 3.29. The summed E-state index contributed by atoms with van der Waals surface area (Å²) in [6.45, 7) is 5.32. The van der Waals surface area contributed by atoms with Gasteiger partial charge in [-0.05, 0) is 39.3 Å². The molecule has 0 aliphatic heterocycles. The van der Waals surface area contributed by atoms with Crippen molar-refractivity contribution in [2.45, 2.75) is 39.2 Å². The van der Waals surface area contributed by atoms with Crippen molar-refractivity contribution in [3.05, 3.63) is 34.3 Å². The standard InChI is InChI=1S/C17H22BrNO5/c1-17(2,3)24-16(22)19-10-4-5-15(21)23-11-14(20)12-6-8-13(18)9-7-12/h6-9H,4-5,10-11H2,1-3H3,(H,19,22). The molecule has 1 amide bonds. The molecule has 132 valence electrons. The van der Waals surface area contributed by atoms with E-state index in [1.165, 1.54) is 0 Å². The number of rotatable bonds is 7. The molecule has 0 aromatic heterocycles. The van der Waals surface area contributed by atoms with Gasteiger partial charge in [-0.15, -0.1) is 0 Å². The predicted molar refractivity (Wildman–Crippen MR) is 92.9 cm³/mol. The first kappa shape index (κ1) is 20.2. The van der Waals surface area contributed by atoms with Crippen molar-refractivity contribution in [3.63, 3.8) is 0 Å². The first-order chi connectivity index (χ1) is 11.2. The van der Waals surface area contributed by atoms with Crippen LogP contribution in [0.5, 0.6) is 0 Å². The van der Waals surface area contributed by atoms with Gasteiger partial charge in [0.1, 0.15) is 5.60 Å². The van der Waals surface area contributed by atoms with Crippen molar-refractivity contribution in [2.75, 3.05) is 13.2 Å². The van der Waals surface area contributed by atoms with Crippen LogP contribution in [0.4, 0.5) is 4.79 Å². The molecular formula is C17H22BrNO5. The van der Waals surface area contributed by atoms with Crippen LogP contribution in [0.2, 0.25) is 0 Å².